The Kier molecular flexibility index (Phi) is 7.45. The van der Waals surface area contributed by atoms with Gasteiger partial charge in [-0.3, -0.25) is 9.10 Å². The molecule has 0 bridgehead atoms. The van der Waals surface area contributed by atoms with Crippen LogP contribution in [-0.4, -0.2) is 46.4 Å². The molecule has 1 aliphatic heterocycles. The molecule has 1 heterocycles. The van der Waals surface area contributed by atoms with Crippen LogP contribution >= 0.6 is 0 Å². The van der Waals surface area contributed by atoms with Crippen molar-refractivity contribution in [3.8, 4) is 17.2 Å². The Hall–Kier alpha value is -3.72. The maximum atomic E-state index is 12.6. The van der Waals surface area contributed by atoms with Crippen molar-refractivity contribution in [1.29, 1.82) is 0 Å². The number of ether oxygens (including phenoxy) is 3. The minimum Gasteiger partial charge on any atom is -0.492 e. The molecule has 9 heteroatoms. The van der Waals surface area contributed by atoms with E-state index in [0.29, 0.717) is 48.3 Å². The molecule has 1 aliphatic rings. The fourth-order valence-corrected chi connectivity index (χ4v) is 4.61. The van der Waals surface area contributed by atoms with Crippen LogP contribution in [0.25, 0.3) is 0 Å². The summed E-state index contributed by atoms with van der Waals surface area (Å²) in [6.07, 6.45) is 0.870. The third-order valence-corrected chi connectivity index (χ3v) is 6.56. The summed E-state index contributed by atoms with van der Waals surface area (Å²) in [5.74, 6) is 1.59. The van der Waals surface area contributed by atoms with Gasteiger partial charge in [0.15, 0.2) is 11.5 Å². The first kappa shape index (κ1) is 24.4. The highest BCUT2D eigenvalue weighted by Crippen LogP contribution is 2.32. The van der Waals surface area contributed by atoms with Crippen LogP contribution in [0.1, 0.15) is 22.8 Å². The Morgan fingerprint density at radius 2 is 1.71 bits per heavy atom. The summed E-state index contributed by atoms with van der Waals surface area (Å²) in [5, 5.41) is 2.86. The van der Waals surface area contributed by atoms with E-state index in [9.17, 15) is 13.2 Å². The monoisotopic (exact) mass is 496 g/mol. The SMILES string of the molecule is CCOc1ccccc1N(Cc1ccc(C(=O)NC[C@H]2COc3ccccc3O2)cc1)S(C)(=O)=O. The van der Waals surface area contributed by atoms with E-state index in [1.165, 1.54) is 4.31 Å². The number of nitrogens with zero attached hydrogens (tertiary/aromatic N) is 1. The number of nitrogens with one attached hydrogen (secondary N) is 1. The predicted octanol–water partition coefficient (Wildman–Crippen LogP) is 3.62. The molecule has 0 radical (unpaired) electrons. The minimum absolute atomic E-state index is 0.109. The summed E-state index contributed by atoms with van der Waals surface area (Å²) in [6.45, 7) is 3.02. The first-order chi connectivity index (χ1) is 16.8. The number of para-hydroxylation sites is 4. The van der Waals surface area contributed by atoms with Gasteiger partial charge in [-0.1, -0.05) is 36.4 Å². The van der Waals surface area contributed by atoms with Crippen LogP contribution < -0.4 is 23.8 Å². The number of benzene rings is 3. The van der Waals surface area contributed by atoms with E-state index in [1.54, 1.807) is 48.5 Å². The third kappa shape index (κ3) is 6.05. The number of rotatable bonds is 9. The zero-order valence-corrected chi connectivity index (χ0v) is 20.5. The molecule has 184 valence electrons. The highest BCUT2D eigenvalue weighted by Gasteiger charge is 2.23. The van der Waals surface area contributed by atoms with E-state index in [4.69, 9.17) is 14.2 Å². The summed E-state index contributed by atoms with van der Waals surface area (Å²) < 4.78 is 43.6. The Labute approximate surface area is 205 Å². The largest absolute Gasteiger partial charge is 0.492 e. The van der Waals surface area contributed by atoms with E-state index in [-0.39, 0.29) is 18.6 Å². The molecule has 0 spiro atoms. The van der Waals surface area contributed by atoms with Crippen LogP contribution in [0.2, 0.25) is 0 Å². The molecule has 8 nitrogen and oxygen atoms in total. The molecule has 1 N–H and O–H groups in total. The molecule has 0 aliphatic carbocycles. The lowest BCUT2D eigenvalue weighted by Gasteiger charge is -2.26. The molecule has 0 saturated heterocycles. The Morgan fingerprint density at radius 3 is 2.43 bits per heavy atom. The van der Waals surface area contributed by atoms with Crippen molar-refractivity contribution in [3.63, 3.8) is 0 Å². The zero-order chi connectivity index (χ0) is 24.8. The molecule has 4 rings (SSSR count). The number of amides is 1. The summed E-state index contributed by atoms with van der Waals surface area (Å²) in [7, 11) is -3.58. The lowest BCUT2D eigenvalue weighted by atomic mass is 10.1. The van der Waals surface area contributed by atoms with E-state index >= 15 is 0 Å². The van der Waals surface area contributed by atoms with Crippen LogP contribution in [0.3, 0.4) is 0 Å². The van der Waals surface area contributed by atoms with Crippen molar-refractivity contribution in [2.24, 2.45) is 0 Å². The van der Waals surface area contributed by atoms with E-state index in [2.05, 4.69) is 5.32 Å². The molecule has 0 fully saturated rings. The van der Waals surface area contributed by atoms with Crippen molar-refractivity contribution < 1.29 is 27.4 Å². The van der Waals surface area contributed by atoms with Gasteiger partial charge in [-0.25, -0.2) is 8.42 Å². The smallest absolute Gasteiger partial charge is 0.251 e. The molecule has 3 aromatic rings. The van der Waals surface area contributed by atoms with Gasteiger partial charge < -0.3 is 19.5 Å². The number of sulfonamides is 1. The highest BCUT2D eigenvalue weighted by molar-refractivity contribution is 7.92. The Balaban J connectivity index is 1.40. The second kappa shape index (κ2) is 10.7. The highest BCUT2D eigenvalue weighted by atomic mass is 32.2. The molecule has 0 saturated carbocycles. The molecule has 1 atom stereocenters. The van der Waals surface area contributed by atoms with Gasteiger partial charge in [0, 0.05) is 5.56 Å². The van der Waals surface area contributed by atoms with Crippen molar-refractivity contribution in [2.75, 3.05) is 30.3 Å². The molecular formula is C26H28N2O6S. The van der Waals surface area contributed by atoms with Crippen LogP contribution in [0, 0.1) is 0 Å². The quantitative estimate of drug-likeness (QED) is 0.486. The van der Waals surface area contributed by atoms with Gasteiger partial charge in [0.2, 0.25) is 10.0 Å². The standard InChI is InChI=1S/C26H28N2O6S/c1-3-32-23-9-5-4-8-22(23)28(35(2,30)31)17-19-12-14-20(15-13-19)26(29)27-16-21-18-33-24-10-6-7-11-25(24)34-21/h4-15,21H,3,16-18H2,1-2H3,(H,27,29)/t21-/m0/s1. The van der Waals surface area contributed by atoms with Crippen molar-refractivity contribution in [2.45, 2.75) is 19.6 Å². The van der Waals surface area contributed by atoms with Crippen LogP contribution in [0.4, 0.5) is 5.69 Å². The second-order valence-corrected chi connectivity index (χ2v) is 9.98. The van der Waals surface area contributed by atoms with Crippen molar-refractivity contribution >= 4 is 21.6 Å². The van der Waals surface area contributed by atoms with Crippen molar-refractivity contribution in [1.82, 2.24) is 5.32 Å². The lowest BCUT2D eigenvalue weighted by Crippen LogP contribution is -2.40. The van der Waals surface area contributed by atoms with Gasteiger partial charge >= 0.3 is 0 Å². The van der Waals surface area contributed by atoms with Crippen LogP contribution in [-0.2, 0) is 16.6 Å². The normalized spacial score (nSPS) is 14.7. The van der Waals surface area contributed by atoms with Crippen LogP contribution in [0.5, 0.6) is 17.2 Å². The molecular weight excluding hydrogens is 468 g/mol. The maximum absolute atomic E-state index is 12.6. The molecule has 0 unspecified atom stereocenters. The average Bonchev–Trinajstić information content (AvgIpc) is 2.86. The number of anilines is 1. The molecule has 35 heavy (non-hydrogen) atoms. The van der Waals surface area contributed by atoms with Gasteiger partial charge in [-0.2, -0.15) is 0 Å². The zero-order valence-electron chi connectivity index (χ0n) is 19.6. The van der Waals surface area contributed by atoms with E-state index in [0.717, 1.165) is 11.8 Å². The Morgan fingerprint density at radius 1 is 1.03 bits per heavy atom. The maximum Gasteiger partial charge on any atom is 0.251 e. The molecule has 0 aromatic heterocycles. The molecule has 3 aromatic carbocycles. The molecule has 1 amide bonds. The summed E-state index contributed by atoms with van der Waals surface area (Å²) in [6, 6.07) is 21.3. The van der Waals surface area contributed by atoms with Gasteiger partial charge in [0.05, 0.1) is 31.6 Å². The number of fused-ring (bicyclic) bond motifs is 1. The summed E-state index contributed by atoms with van der Waals surface area (Å²) in [4.78, 5) is 12.6. The van der Waals surface area contributed by atoms with Gasteiger partial charge in [0.25, 0.3) is 5.91 Å². The van der Waals surface area contributed by atoms with Gasteiger partial charge in [0.1, 0.15) is 18.5 Å². The second-order valence-electron chi connectivity index (χ2n) is 8.07. The first-order valence-corrected chi connectivity index (χ1v) is 13.1. The van der Waals surface area contributed by atoms with E-state index < -0.39 is 10.0 Å². The van der Waals surface area contributed by atoms with Gasteiger partial charge in [-0.05, 0) is 48.9 Å². The van der Waals surface area contributed by atoms with E-state index in [1.807, 2.05) is 31.2 Å². The number of carbonyl (C=O) groups is 1. The van der Waals surface area contributed by atoms with Crippen molar-refractivity contribution in [3.05, 3.63) is 83.9 Å². The summed E-state index contributed by atoms with van der Waals surface area (Å²) in [5.41, 5.74) is 1.67. The fraction of sp³-hybridized carbons (Fsp3) is 0.269. The summed E-state index contributed by atoms with van der Waals surface area (Å²) >= 11 is 0. The topological polar surface area (TPSA) is 94.2 Å². The minimum atomic E-state index is -3.58. The lowest BCUT2D eigenvalue weighted by molar-refractivity contribution is 0.0789. The number of hydrogen-bond donors (Lipinski definition) is 1. The fourth-order valence-electron chi connectivity index (χ4n) is 3.72. The number of hydrogen-bond acceptors (Lipinski definition) is 6. The van der Waals surface area contributed by atoms with Gasteiger partial charge in [-0.15, -0.1) is 0 Å². The number of carbonyl (C=O) groups excluding carboxylic acids is 1. The average molecular weight is 497 g/mol. The third-order valence-electron chi connectivity index (χ3n) is 5.43. The predicted molar refractivity (Wildman–Crippen MR) is 134 cm³/mol. The Bertz CT molecular complexity index is 1280. The van der Waals surface area contributed by atoms with Crippen LogP contribution in [0.15, 0.2) is 72.8 Å². The first-order valence-electron chi connectivity index (χ1n) is 11.3.